The molecule has 1 aliphatic carbocycles. The summed E-state index contributed by atoms with van der Waals surface area (Å²) in [4.78, 5) is 12.5. The molecule has 0 spiro atoms. The molecule has 0 aliphatic heterocycles. The minimum absolute atomic E-state index is 0.0931. The Morgan fingerprint density at radius 1 is 1.32 bits per heavy atom. The third-order valence-electron chi connectivity index (χ3n) is 4.56. The van der Waals surface area contributed by atoms with Gasteiger partial charge in [-0.15, -0.1) is 0 Å². The molecular formula is C19H22N4O2. The van der Waals surface area contributed by atoms with Crippen LogP contribution in [-0.2, 0) is 11.3 Å². The number of ether oxygens (including phenoxy) is 1. The van der Waals surface area contributed by atoms with E-state index in [2.05, 4.69) is 5.32 Å². The van der Waals surface area contributed by atoms with Crippen molar-refractivity contribution in [3.05, 3.63) is 48.3 Å². The summed E-state index contributed by atoms with van der Waals surface area (Å²) in [7, 11) is 1.62. The quantitative estimate of drug-likeness (QED) is 0.674. The van der Waals surface area contributed by atoms with Crippen LogP contribution in [0.3, 0.4) is 0 Å². The van der Waals surface area contributed by atoms with Crippen LogP contribution in [0.4, 0.5) is 0 Å². The second-order valence-electron chi connectivity index (χ2n) is 6.51. The van der Waals surface area contributed by atoms with Crippen molar-refractivity contribution in [3.63, 3.8) is 0 Å². The average Bonchev–Trinajstić information content (AvgIpc) is 3.17. The molecular weight excluding hydrogens is 316 g/mol. The molecule has 6 nitrogen and oxygen atoms in total. The summed E-state index contributed by atoms with van der Waals surface area (Å²) in [5.41, 5.74) is 3.35. The van der Waals surface area contributed by atoms with Gasteiger partial charge in [0.2, 0.25) is 0 Å². The Kier molecular flexibility index (Phi) is 4.28. The summed E-state index contributed by atoms with van der Waals surface area (Å²) >= 11 is 0. The van der Waals surface area contributed by atoms with Gasteiger partial charge in [-0.2, -0.15) is 5.10 Å². The van der Waals surface area contributed by atoms with Gasteiger partial charge in [-0.1, -0.05) is 6.07 Å². The summed E-state index contributed by atoms with van der Waals surface area (Å²) < 4.78 is 9.03. The Morgan fingerprint density at radius 3 is 3.00 bits per heavy atom. The number of aromatic nitrogens is 3. The highest BCUT2D eigenvalue weighted by Crippen LogP contribution is 2.31. The van der Waals surface area contributed by atoms with Crippen LogP contribution >= 0.6 is 0 Å². The number of methoxy groups -OCH3 is 1. The molecule has 0 saturated heterocycles. The van der Waals surface area contributed by atoms with Crippen LogP contribution in [0.25, 0.3) is 16.9 Å². The molecule has 1 fully saturated rings. The van der Waals surface area contributed by atoms with Gasteiger partial charge in [-0.3, -0.25) is 9.48 Å². The number of amides is 1. The topological polar surface area (TPSA) is 60.6 Å². The third-order valence-corrected chi connectivity index (χ3v) is 4.56. The van der Waals surface area contributed by atoms with Gasteiger partial charge in [0, 0.05) is 32.6 Å². The lowest BCUT2D eigenvalue weighted by molar-refractivity contribution is 0.0939. The highest BCUT2D eigenvalue weighted by Gasteiger charge is 2.22. The van der Waals surface area contributed by atoms with E-state index in [1.54, 1.807) is 7.11 Å². The minimum Gasteiger partial charge on any atom is -0.383 e. The van der Waals surface area contributed by atoms with E-state index in [0.29, 0.717) is 18.7 Å². The van der Waals surface area contributed by atoms with E-state index < -0.39 is 0 Å². The van der Waals surface area contributed by atoms with Crippen molar-refractivity contribution in [3.8, 4) is 11.4 Å². The van der Waals surface area contributed by atoms with Crippen molar-refractivity contribution in [1.82, 2.24) is 19.5 Å². The van der Waals surface area contributed by atoms with Gasteiger partial charge in [0.25, 0.3) is 5.91 Å². The number of fused-ring (bicyclic) bond motifs is 1. The zero-order valence-corrected chi connectivity index (χ0v) is 14.3. The lowest BCUT2D eigenvalue weighted by Gasteiger charge is -2.03. The van der Waals surface area contributed by atoms with Crippen molar-refractivity contribution in [1.29, 1.82) is 0 Å². The summed E-state index contributed by atoms with van der Waals surface area (Å²) in [6, 6.07) is 9.79. The Morgan fingerprint density at radius 2 is 2.20 bits per heavy atom. The number of hydrogen-bond acceptors (Lipinski definition) is 3. The van der Waals surface area contributed by atoms with Gasteiger partial charge in [-0.05, 0) is 43.0 Å². The summed E-state index contributed by atoms with van der Waals surface area (Å²) in [5.74, 6) is 0.684. The second kappa shape index (κ2) is 6.72. The first kappa shape index (κ1) is 15.9. The molecule has 1 aliphatic rings. The number of rotatable bonds is 7. The minimum atomic E-state index is -0.0931. The Labute approximate surface area is 146 Å². The van der Waals surface area contributed by atoms with E-state index in [1.165, 1.54) is 12.8 Å². The molecule has 1 amide bonds. The molecule has 1 saturated carbocycles. The zero-order chi connectivity index (χ0) is 17.2. The first-order valence-corrected chi connectivity index (χ1v) is 8.67. The molecule has 3 heterocycles. The zero-order valence-electron chi connectivity index (χ0n) is 14.3. The SMILES string of the molecule is COCCNC(=O)c1cc(-c2ccn(CC3CC3)n2)n2ccccc12. The first-order chi connectivity index (χ1) is 12.3. The monoisotopic (exact) mass is 338 g/mol. The van der Waals surface area contributed by atoms with E-state index in [-0.39, 0.29) is 5.91 Å². The molecule has 130 valence electrons. The fourth-order valence-corrected chi connectivity index (χ4v) is 3.06. The Hall–Kier alpha value is -2.60. The molecule has 25 heavy (non-hydrogen) atoms. The first-order valence-electron chi connectivity index (χ1n) is 8.67. The fourth-order valence-electron chi connectivity index (χ4n) is 3.06. The van der Waals surface area contributed by atoms with Crippen LogP contribution in [0.1, 0.15) is 23.2 Å². The second-order valence-corrected chi connectivity index (χ2v) is 6.51. The van der Waals surface area contributed by atoms with E-state index in [1.807, 2.05) is 51.8 Å². The largest absolute Gasteiger partial charge is 0.383 e. The summed E-state index contributed by atoms with van der Waals surface area (Å²) in [6.45, 7) is 1.97. The normalized spacial score (nSPS) is 14.1. The van der Waals surface area contributed by atoms with Crippen LogP contribution in [-0.4, -0.2) is 40.3 Å². The van der Waals surface area contributed by atoms with Crippen molar-refractivity contribution in [2.24, 2.45) is 5.92 Å². The van der Waals surface area contributed by atoms with Crippen molar-refractivity contribution >= 4 is 11.4 Å². The maximum Gasteiger partial charge on any atom is 0.253 e. The van der Waals surface area contributed by atoms with Crippen LogP contribution < -0.4 is 5.32 Å². The number of hydrogen-bond donors (Lipinski definition) is 1. The number of nitrogens with one attached hydrogen (secondary N) is 1. The van der Waals surface area contributed by atoms with Crippen molar-refractivity contribution in [2.75, 3.05) is 20.3 Å². The van der Waals surface area contributed by atoms with Gasteiger partial charge < -0.3 is 14.5 Å². The van der Waals surface area contributed by atoms with E-state index in [4.69, 9.17) is 9.84 Å². The highest BCUT2D eigenvalue weighted by atomic mass is 16.5. The highest BCUT2D eigenvalue weighted by molar-refractivity contribution is 6.02. The average molecular weight is 338 g/mol. The predicted octanol–water partition coefficient (Wildman–Crippen LogP) is 2.59. The summed E-state index contributed by atoms with van der Waals surface area (Å²) in [5, 5.41) is 7.60. The summed E-state index contributed by atoms with van der Waals surface area (Å²) in [6.07, 6.45) is 6.59. The molecule has 1 N–H and O–H groups in total. The van der Waals surface area contributed by atoms with E-state index in [0.717, 1.165) is 29.4 Å². The predicted molar refractivity (Wildman–Crippen MR) is 95.6 cm³/mol. The molecule has 4 rings (SSSR count). The number of carbonyl (C=O) groups is 1. The molecule has 0 aromatic carbocycles. The molecule has 3 aromatic rings. The molecule has 0 unspecified atom stereocenters. The van der Waals surface area contributed by atoms with Crippen LogP contribution in [0, 0.1) is 5.92 Å². The van der Waals surface area contributed by atoms with Crippen LogP contribution in [0.2, 0.25) is 0 Å². The smallest absolute Gasteiger partial charge is 0.253 e. The molecule has 6 heteroatoms. The number of pyridine rings is 1. The van der Waals surface area contributed by atoms with Gasteiger partial charge in [0.05, 0.1) is 23.4 Å². The Balaban J connectivity index is 1.66. The molecule has 0 atom stereocenters. The van der Waals surface area contributed by atoms with Gasteiger partial charge >= 0.3 is 0 Å². The molecule has 0 bridgehead atoms. The third kappa shape index (κ3) is 3.30. The van der Waals surface area contributed by atoms with Crippen LogP contribution in [0.15, 0.2) is 42.7 Å². The van der Waals surface area contributed by atoms with Crippen molar-refractivity contribution in [2.45, 2.75) is 19.4 Å². The molecule has 0 radical (unpaired) electrons. The lowest BCUT2D eigenvalue weighted by atomic mass is 10.2. The number of carbonyl (C=O) groups excluding carboxylic acids is 1. The van der Waals surface area contributed by atoms with E-state index in [9.17, 15) is 4.79 Å². The van der Waals surface area contributed by atoms with Gasteiger partial charge in [0.1, 0.15) is 5.69 Å². The van der Waals surface area contributed by atoms with E-state index >= 15 is 0 Å². The number of nitrogens with zero attached hydrogens (tertiary/aromatic N) is 3. The standard InChI is InChI=1S/C19H22N4O2/c1-25-11-8-20-19(24)15-12-18(23-9-3-2-4-17(15)23)16-7-10-22(21-16)13-14-5-6-14/h2-4,7,9-10,12,14H,5-6,8,11,13H2,1H3,(H,20,24). The Bertz CT molecular complexity index is 892. The molecule has 3 aromatic heterocycles. The maximum atomic E-state index is 12.5. The van der Waals surface area contributed by atoms with Crippen LogP contribution in [0.5, 0.6) is 0 Å². The maximum absolute atomic E-state index is 12.5. The fraction of sp³-hybridized carbons (Fsp3) is 0.368. The lowest BCUT2D eigenvalue weighted by Crippen LogP contribution is -2.26. The van der Waals surface area contributed by atoms with Crippen molar-refractivity contribution < 1.29 is 9.53 Å². The van der Waals surface area contributed by atoms with Gasteiger partial charge in [-0.25, -0.2) is 0 Å². The van der Waals surface area contributed by atoms with Gasteiger partial charge in [0.15, 0.2) is 0 Å².